The van der Waals surface area contributed by atoms with Crippen LogP contribution >= 0.6 is 0 Å². The lowest BCUT2D eigenvalue weighted by molar-refractivity contribution is -0.147. The minimum atomic E-state index is -3.10. The number of hydrogen-bond donors (Lipinski definition) is 2. The molecule has 1 unspecified atom stereocenters. The Bertz CT molecular complexity index is 792. The molecule has 1 aliphatic rings. The van der Waals surface area contributed by atoms with Gasteiger partial charge in [-0.25, -0.2) is 8.42 Å². The minimum absolute atomic E-state index is 0.0344. The third kappa shape index (κ3) is 5.73. The van der Waals surface area contributed by atoms with E-state index in [9.17, 15) is 22.8 Å². The van der Waals surface area contributed by atoms with Gasteiger partial charge in [-0.05, 0) is 18.6 Å². The van der Waals surface area contributed by atoms with Crippen molar-refractivity contribution in [2.75, 3.05) is 31.8 Å². The van der Waals surface area contributed by atoms with Gasteiger partial charge in [0.25, 0.3) is 11.8 Å². The zero-order valence-corrected chi connectivity index (χ0v) is 15.0. The van der Waals surface area contributed by atoms with Gasteiger partial charge in [-0.15, -0.1) is 0 Å². The standard InChI is InChI=1S/C16H20N2O7S/c1-24-13-5-3-2-4-12(13)16(21)17-8-15(20)25-9-14(19)18-11-6-7-26(22,23)10-11/h2-5,11H,6-10H2,1H3,(H,17,21)(H,18,19). The zero-order valence-electron chi connectivity index (χ0n) is 14.2. The summed E-state index contributed by atoms with van der Waals surface area (Å²) in [4.78, 5) is 35.3. The van der Waals surface area contributed by atoms with Gasteiger partial charge in [0, 0.05) is 6.04 Å². The van der Waals surface area contributed by atoms with E-state index in [1.165, 1.54) is 7.11 Å². The van der Waals surface area contributed by atoms with Gasteiger partial charge in [0.05, 0.1) is 24.2 Å². The van der Waals surface area contributed by atoms with Crippen molar-refractivity contribution in [1.82, 2.24) is 10.6 Å². The second kappa shape index (κ2) is 8.65. The average Bonchev–Trinajstić information content (AvgIpc) is 2.96. The molecular weight excluding hydrogens is 364 g/mol. The molecule has 0 spiro atoms. The van der Waals surface area contributed by atoms with E-state index in [1.807, 2.05) is 0 Å². The molecule has 0 radical (unpaired) electrons. The molecule has 0 aromatic heterocycles. The van der Waals surface area contributed by atoms with E-state index >= 15 is 0 Å². The average molecular weight is 384 g/mol. The highest BCUT2D eigenvalue weighted by molar-refractivity contribution is 7.91. The van der Waals surface area contributed by atoms with Gasteiger partial charge in [0.1, 0.15) is 12.3 Å². The van der Waals surface area contributed by atoms with Gasteiger partial charge < -0.3 is 20.1 Å². The van der Waals surface area contributed by atoms with Gasteiger partial charge in [0.2, 0.25) is 0 Å². The summed E-state index contributed by atoms with van der Waals surface area (Å²) in [6.07, 6.45) is 0.344. The van der Waals surface area contributed by atoms with E-state index in [0.717, 1.165) is 0 Å². The molecule has 1 aromatic rings. The number of nitrogens with one attached hydrogen (secondary N) is 2. The summed E-state index contributed by atoms with van der Waals surface area (Å²) in [7, 11) is -1.68. The maximum absolute atomic E-state index is 12.0. The Morgan fingerprint density at radius 1 is 1.23 bits per heavy atom. The van der Waals surface area contributed by atoms with E-state index in [0.29, 0.717) is 12.2 Å². The quantitative estimate of drug-likeness (QED) is 0.593. The number of para-hydroxylation sites is 1. The molecule has 10 heteroatoms. The number of hydrogen-bond acceptors (Lipinski definition) is 7. The Balaban J connectivity index is 1.72. The fourth-order valence-electron chi connectivity index (χ4n) is 2.46. The fourth-order valence-corrected chi connectivity index (χ4v) is 4.13. The number of esters is 1. The molecule has 1 saturated heterocycles. The predicted molar refractivity (Wildman–Crippen MR) is 91.5 cm³/mol. The Labute approximate surface area is 151 Å². The molecule has 2 N–H and O–H groups in total. The maximum Gasteiger partial charge on any atom is 0.325 e. The zero-order chi connectivity index (χ0) is 19.2. The SMILES string of the molecule is COc1ccccc1C(=O)NCC(=O)OCC(=O)NC1CCS(=O)(=O)C1. The molecule has 0 bridgehead atoms. The van der Waals surface area contributed by atoms with E-state index in [2.05, 4.69) is 10.6 Å². The van der Waals surface area contributed by atoms with Gasteiger partial charge in [0.15, 0.2) is 16.4 Å². The molecule has 1 heterocycles. The van der Waals surface area contributed by atoms with Crippen LogP contribution in [-0.2, 0) is 24.2 Å². The second-order valence-electron chi connectivity index (χ2n) is 5.71. The van der Waals surface area contributed by atoms with Crippen LogP contribution in [-0.4, -0.2) is 64.0 Å². The lowest BCUT2D eigenvalue weighted by Crippen LogP contribution is -2.39. The van der Waals surface area contributed by atoms with Crippen LogP contribution < -0.4 is 15.4 Å². The Kier molecular flexibility index (Phi) is 6.56. The van der Waals surface area contributed by atoms with Crippen LogP contribution in [0.25, 0.3) is 0 Å². The van der Waals surface area contributed by atoms with Crippen LogP contribution in [0.4, 0.5) is 0 Å². The molecule has 2 amide bonds. The summed E-state index contributed by atoms with van der Waals surface area (Å²) < 4.78 is 32.4. The van der Waals surface area contributed by atoms with Crippen molar-refractivity contribution in [3.8, 4) is 5.75 Å². The van der Waals surface area contributed by atoms with Crippen molar-refractivity contribution in [3.63, 3.8) is 0 Å². The van der Waals surface area contributed by atoms with Crippen LogP contribution in [0, 0.1) is 0 Å². The molecule has 1 aliphatic heterocycles. The largest absolute Gasteiger partial charge is 0.496 e. The van der Waals surface area contributed by atoms with Gasteiger partial charge in [-0.1, -0.05) is 12.1 Å². The highest BCUT2D eigenvalue weighted by Crippen LogP contribution is 2.16. The number of rotatable bonds is 7. The van der Waals surface area contributed by atoms with Crippen molar-refractivity contribution >= 4 is 27.6 Å². The summed E-state index contributed by atoms with van der Waals surface area (Å²) in [6.45, 7) is -0.956. The fraction of sp³-hybridized carbons (Fsp3) is 0.438. The second-order valence-corrected chi connectivity index (χ2v) is 7.94. The monoisotopic (exact) mass is 384 g/mol. The number of carbonyl (C=O) groups is 3. The first-order chi connectivity index (χ1) is 12.3. The lowest BCUT2D eigenvalue weighted by Gasteiger charge is -2.11. The van der Waals surface area contributed by atoms with E-state index < -0.39 is 46.8 Å². The lowest BCUT2D eigenvalue weighted by atomic mass is 10.2. The smallest absolute Gasteiger partial charge is 0.325 e. The first kappa shape index (κ1) is 19.7. The normalized spacial score (nSPS) is 18.0. The van der Waals surface area contributed by atoms with Crippen molar-refractivity contribution in [3.05, 3.63) is 29.8 Å². The third-order valence-corrected chi connectivity index (χ3v) is 5.47. The molecule has 0 saturated carbocycles. The summed E-state index contributed by atoms with van der Waals surface area (Å²) in [5.74, 6) is -1.60. The number of amides is 2. The van der Waals surface area contributed by atoms with E-state index in [-0.39, 0.29) is 17.1 Å². The molecule has 1 fully saturated rings. The van der Waals surface area contributed by atoms with Crippen LogP contribution in [0.15, 0.2) is 24.3 Å². The molecular formula is C16H20N2O7S. The molecule has 1 atom stereocenters. The molecule has 2 rings (SSSR count). The number of benzene rings is 1. The van der Waals surface area contributed by atoms with Crippen LogP contribution in [0.1, 0.15) is 16.8 Å². The summed E-state index contributed by atoms with van der Waals surface area (Å²) in [5.41, 5.74) is 0.267. The number of ether oxygens (including phenoxy) is 2. The van der Waals surface area contributed by atoms with Crippen LogP contribution in [0.5, 0.6) is 5.75 Å². The predicted octanol–water partition coefficient (Wildman–Crippen LogP) is -0.728. The molecule has 142 valence electrons. The summed E-state index contributed by atoms with van der Waals surface area (Å²) in [6, 6.07) is 6.06. The van der Waals surface area contributed by atoms with Crippen LogP contribution in [0.3, 0.4) is 0 Å². The van der Waals surface area contributed by atoms with Crippen molar-refractivity contribution in [1.29, 1.82) is 0 Å². The molecule has 1 aromatic carbocycles. The Hall–Kier alpha value is -2.62. The summed E-state index contributed by atoms with van der Waals surface area (Å²) >= 11 is 0. The topological polar surface area (TPSA) is 128 Å². The van der Waals surface area contributed by atoms with Crippen molar-refractivity contribution < 1.29 is 32.3 Å². The molecule has 9 nitrogen and oxygen atoms in total. The van der Waals surface area contributed by atoms with Gasteiger partial charge in [-0.2, -0.15) is 0 Å². The van der Waals surface area contributed by atoms with Gasteiger partial charge in [-0.3, -0.25) is 14.4 Å². The summed E-state index contributed by atoms with van der Waals surface area (Å²) in [5, 5.41) is 4.87. The number of sulfone groups is 1. The van der Waals surface area contributed by atoms with Gasteiger partial charge >= 0.3 is 5.97 Å². The Morgan fingerprint density at radius 3 is 2.62 bits per heavy atom. The first-order valence-electron chi connectivity index (χ1n) is 7.87. The molecule has 0 aliphatic carbocycles. The number of carbonyl (C=O) groups excluding carboxylic acids is 3. The van der Waals surface area contributed by atoms with E-state index in [1.54, 1.807) is 24.3 Å². The van der Waals surface area contributed by atoms with Crippen molar-refractivity contribution in [2.45, 2.75) is 12.5 Å². The molecule has 26 heavy (non-hydrogen) atoms. The Morgan fingerprint density at radius 2 is 1.96 bits per heavy atom. The highest BCUT2D eigenvalue weighted by atomic mass is 32.2. The first-order valence-corrected chi connectivity index (χ1v) is 9.69. The highest BCUT2D eigenvalue weighted by Gasteiger charge is 2.29. The van der Waals surface area contributed by atoms with Crippen LogP contribution in [0.2, 0.25) is 0 Å². The van der Waals surface area contributed by atoms with Crippen molar-refractivity contribution in [2.24, 2.45) is 0 Å². The maximum atomic E-state index is 12.0. The number of methoxy groups -OCH3 is 1. The van der Waals surface area contributed by atoms with E-state index in [4.69, 9.17) is 9.47 Å². The minimum Gasteiger partial charge on any atom is -0.496 e. The third-order valence-electron chi connectivity index (χ3n) is 3.71.